The Bertz CT molecular complexity index is 358. The summed E-state index contributed by atoms with van der Waals surface area (Å²) in [5, 5.41) is 0.862. The molecule has 0 bridgehead atoms. The van der Waals surface area contributed by atoms with Gasteiger partial charge in [0.15, 0.2) is 0 Å². The molecule has 1 fully saturated rings. The molecule has 0 aromatic heterocycles. The molecule has 0 radical (unpaired) electrons. The summed E-state index contributed by atoms with van der Waals surface area (Å²) in [7, 11) is 0. The van der Waals surface area contributed by atoms with Crippen LogP contribution in [0.5, 0.6) is 0 Å². The molecule has 0 spiro atoms. The molecule has 0 N–H and O–H groups in total. The van der Waals surface area contributed by atoms with Crippen molar-refractivity contribution in [2.45, 2.75) is 51.5 Å². The first-order valence-corrected chi connectivity index (χ1v) is 7.66. The lowest BCUT2D eigenvalue weighted by Gasteiger charge is -2.34. The molecule has 1 heterocycles. The van der Waals surface area contributed by atoms with Crippen LogP contribution in [-0.2, 0) is 6.42 Å². The molecule has 100 valence electrons. The third-order valence-corrected chi connectivity index (χ3v) is 4.12. The van der Waals surface area contributed by atoms with Crippen molar-refractivity contribution in [3.8, 4) is 0 Å². The van der Waals surface area contributed by atoms with Gasteiger partial charge in [0.2, 0.25) is 0 Å². The summed E-state index contributed by atoms with van der Waals surface area (Å²) in [4.78, 5) is 2.69. The Morgan fingerprint density at radius 2 is 2.00 bits per heavy atom. The molecular formula is C16H24ClN. The predicted molar refractivity (Wildman–Crippen MR) is 79.3 cm³/mol. The number of hydrogen-bond acceptors (Lipinski definition) is 1. The minimum atomic E-state index is 0.703. The van der Waals surface area contributed by atoms with E-state index in [1.165, 1.54) is 50.8 Å². The van der Waals surface area contributed by atoms with Gasteiger partial charge in [-0.05, 0) is 56.5 Å². The van der Waals surface area contributed by atoms with Gasteiger partial charge in [0, 0.05) is 11.1 Å². The largest absolute Gasteiger partial charge is 0.300 e. The van der Waals surface area contributed by atoms with E-state index in [2.05, 4.69) is 30.0 Å². The normalized spacial score (nSPS) is 18.8. The minimum Gasteiger partial charge on any atom is -0.300 e. The Morgan fingerprint density at radius 1 is 1.22 bits per heavy atom. The molecule has 1 atom stereocenters. The SMILES string of the molecule is CCCC(Cc1cccc(Cl)c1)N1CCCCC1. The van der Waals surface area contributed by atoms with Crippen molar-refractivity contribution < 1.29 is 0 Å². The fourth-order valence-electron chi connectivity index (χ4n) is 2.97. The molecular weight excluding hydrogens is 242 g/mol. The van der Waals surface area contributed by atoms with Gasteiger partial charge in [-0.2, -0.15) is 0 Å². The molecule has 1 nitrogen and oxygen atoms in total. The maximum atomic E-state index is 6.08. The van der Waals surface area contributed by atoms with E-state index in [-0.39, 0.29) is 0 Å². The lowest BCUT2D eigenvalue weighted by molar-refractivity contribution is 0.153. The number of piperidine rings is 1. The number of hydrogen-bond donors (Lipinski definition) is 0. The van der Waals surface area contributed by atoms with Crippen LogP contribution in [0, 0.1) is 0 Å². The summed E-state index contributed by atoms with van der Waals surface area (Å²) in [6.45, 7) is 4.85. The summed E-state index contributed by atoms with van der Waals surface area (Å²) in [6, 6.07) is 9.05. The van der Waals surface area contributed by atoms with E-state index in [1.807, 2.05) is 6.07 Å². The third-order valence-electron chi connectivity index (χ3n) is 3.89. The highest BCUT2D eigenvalue weighted by molar-refractivity contribution is 6.30. The highest BCUT2D eigenvalue weighted by atomic mass is 35.5. The molecule has 2 rings (SSSR count). The summed E-state index contributed by atoms with van der Waals surface area (Å²) in [5.74, 6) is 0. The maximum Gasteiger partial charge on any atom is 0.0408 e. The van der Waals surface area contributed by atoms with E-state index in [9.17, 15) is 0 Å². The van der Waals surface area contributed by atoms with Crippen molar-refractivity contribution in [2.75, 3.05) is 13.1 Å². The minimum absolute atomic E-state index is 0.703. The third kappa shape index (κ3) is 4.00. The Morgan fingerprint density at radius 3 is 2.67 bits per heavy atom. The topological polar surface area (TPSA) is 3.24 Å². The molecule has 0 saturated carbocycles. The average Bonchev–Trinajstić information content (AvgIpc) is 2.39. The van der Waals surface area contributed by atoms with Crippen LogP contribution in [0.15, 0.2) is 24.3 Å². The number of benzene rings is 1. The van der Waals surface area contributed by atoms with Gasteiger partial charge in [-0.1, -0.05) is 43.5 Å². The molecule has 0 aliphatic carbocycles. The number of nitrogens with zero attached hydrogens (tertiary/aromatic N) is 1. The first-order chi connectivity index (χ1) is 8.79. The van der Waals surface area contributed by atoms with Crippen LogP contribution in [0.25, 0.3) is 0 Å². The Hall–Kier alpha value is -0.530. The van der Waals surface area contributed by atoms with Crippen LogP contribution in [-0.4, -0.2) is 24.0 Å². The van der Waals surface area contributed by atoms with Crippen molar-refractivity contribution in [1.82, 2.24) is 4.90 Å². The van der Waals surface area contributed by atoms with E-state index in [1.54, 1.807) is 0 Å². The molecule has 1 aromatic carbocycles. The zero-order valence-electron chi connectivity index (χ0n) is 11.4. The van der Waals surface area contributed by atoms with Crippen LogP contribution in [0.4, 0.5) is 0 Å². The highest BCUT2D eigenvalue weighted by Crippen LogP contribution is 2.20. The molecule has 0 amide bonds. The van der Waals surface area contributed by atoms with E-state index in [0.29, 0.717) is 6.04 Å². The first kappa shape index (κ1) is 13.9. The van der Waals surface area contributed by atoms with Gasteiger partial charge in [0.05, 0.1) is 0 Å². The van der Waals surface area contributed by atoms with Crippen LogP contribution >= 0.6 is 11.6 Å². The monoisotopic (exact) mass is 265 g/mol. The Labute approximate surface area is 116 Å². The molecule has 1 saturated heterocycles. The number of likely N-dealkylation sites (tertiary alicyclic amines) is 1. The fourth-order valence-corrected chi connectivity index (χ4v) is 3.18. The summed E-state index contributed by atoms with van der Waals surface area (Å²) in [6.07, 6.45) is 7.86. The van der Waals surface area contributed by atoms with Crippen molar-refractivity contribution in [2.24, 2.45) is 0 Å². The van der Waals surface area contributed by atoms with Gasteiger partial charge in [0.1, 0.15) is 0 Å². The van der Waals surface area contributed by atoms with E-state index in [0.717, 1.165) is 11.4 Å². The maximum absolute atomic E-state index is 6.08. The van der Waals surface area contributed by atoms with Crippen molar-refractivity contribution >= 4 is 11.6 Å². The number of halogens is 1. The van der Waals surface area contributed by atoms with Gasteiger partial charge in [0.25, 0.3) is 0 Å². The molecule has 18 heavy (non-hydrogen) atoms. The van der Waals surface area contributed by atoms with Crippen LogP contribution in [0.3, 0.4) is 0 Å². The highest BCUT2D eigenvalue weighted by Gasteiger charge is 2.20. The predicted octanol–water partition coefficient (Wildman–Crippen LogP) is 4.54. The second kappa shape index (κ2) is 7.16. The molecule has 1 aromatic rings. The molecule has 1 aliphatic heterocycles. The van der Waals surface area contributed by atoms with Gasteiger partial charge < -0.3 is 4.90 Å². The van der Waals surface area contributed by atoms with Gasteiger partial charge in [-0.15, -0.1) is 0 Å². The zero-order valence-corrected chi connectivity index (χ0v) is 12.1. The summed E-state index contributed by atoms with van der Waals surface area (Å²) < 4.78 is 0. The lowest BCUT2D eigenvalue weighted by atomic mass is 9.98. The fraction of sp³-hybridized carbons (Fsp3) is 0.625. The lowest BCUT2D eigenvalue weighted by Crippen LogP contribution is -2.40. The van der Waals surface area contributed by atoms with Crippen LogP contribution in [0.2, 0.25) is 5.02 Å². The first-order valence-electron chi connectivity index (χ1n) is 7.28. The zero-order chi connectivity index (χ0) is 12.8. The molecule has 1 unspecified atom stereocenters. The molecule has 2 heteroatoms. The Kier molecular flexibility index (Phi) is 5.52. The quantitative estimate of drug-likeness (QED) is 0.756. The van der Waals surface area contributed by atoms with Gasteiger partial charge in [-0.25, -0.2) is 0 Å². The average molecular weight is 266 g/mol. The Balaban J connectivity index is 2.00. The van der Waals surface area contributed by atoms with E-state index < -0.39 is 0 Å². The van der Waals surface area contributed by atoms with Crippen molar-refractivity contribution in [3.63, 3.8) is 0 Å². The molecule has 1 aliphatic rings. The van der Waals surface area contributed by atoms with Crippen molar-refractivity contribution in [1.29, 1.82) is 0 Å². The second-order valence-electron chi connectivity index (χ2n) is 5.37. The second-order valence-corrected chi connectivity index (χ2v) is 5.81. The smallest absolute Gasteiger partial charge is 0.0408 e. The summed E-state index contributed by atoms with van der Waals surface area (Å²) >= 11 is 6.08. The van der Waals surface area contributed by atoms with E-state index in [4.69, 9.17) is 11.6 Å². The van der Waals surface area contributed by atoms with E-state index >= 15 is 0 Å². The summed E-state index contributed by atoms with van der Waals surface area (Å²) in [5.41, 5.74) is 1.38. The number of rotatable bonds is 5. The van der Waals surface area contributed by atoms with Crippen LogP contribution < -0.4 is 0 Å². The van der Waals surface area contributed by atoms with Gasteiger partial charge >= 0.3 is 0 Å². The van der Waals surface area contributed by atoms with Gasteiger partial charge in [-0.3, -0.25) is 0 Å². The standard InChI is InChI=1S/C16H24ClN/c1-2-7-16(18-10-4-3-5-11-18)13-14-8-6-9-15(17)12-14/h6,8-9,12,16H,2-5,7,10-11,13H2,1H3. The van der Waals surface area contributed by atoms with Crippen molar-refractivity contribution in [3.05, 3.63) is 34.9 Å². The van der Waals surface area contributed by atoms with Crippen LogP contribution in [0.1, 0.15) is 44.6 Å².